The lowest BCUT2D eigenvalue weighted by Crippen LogP contribution is -2.31. The van der Waals surface area contributed by atoms with Gasteiger partial charge in [0.25, 0.3) is 5.56 Å². The molecule has 0 aliphatic heterocycles. The van der Waals surface area contributed by atoms with Gasteiger partial charge in [-0.2, -0.15) is 10.5 Å². The molecule has 0 saturated carbocycles. The van der Waals surface area contributed by atoms with Gasteiger partial charge in [0.1, 0.15) is 28.4 Å². The SMILES string of the molecule is CCOc1ccccc1-n1c(=C(C#N)C#N)s/c(=C/c2ccccc2F)c1=O. The van der Waals surface area contributed by atoms with Gasteiger partial charge < -0.3 is 4.74 Å². The Balaban J connectivity index is 2.43. The fourth-order valence-corrected chi connectivity index (χ4v) is 3.68. The second-order valence-corrected chi connectivity index (χ2v) is 6.61. The van der Waals surface area contributed by atoms with Crippen LogP contribution in [0.15, 0.2) is 53.3 Å². The van der Waals surface area contributed by atoms with Crippen molar-refractivity contribution in [2.24, 2.45) is 0 Å². The molecule has 0 radical (unpaired) electrons. The Labute approximate surface area is 164 Å². The van der Waals surface area contributed by atoms with Crippen molar-refractivity contribution in [3.63, 3.8) is 0 Å². The number of hydrogen-bond acceptors (Lipinski definition) is 5. The maximum absolute atomic E-state index is 14.0. The standard InChI is InChI=1S/C21H14FN3O2S/c1-2-27-18-10-6-5-9-17(18)25-20(26)19(28-21(25)15(12-23)13-24)11-14-7-3-4-8-16(14)22/h3-11H,2H2,1H3/b19-11+. The molecule has 3 aromatic rings. The highest BCUT2D eigenvalue weighted by atomic mass is 32.1. The van der Waals surface area contributed by atoms with Crippen molar-refractivity contribution in [3.8, 4) is 23.6 Å². The highest BCUT2D eigenvalue weighted by molar-refractivity contribution is 7.07. The fourth-order valence-electron chi connectivity index (χ4n) is 2.64. The molecular formula is C21H14FN3O2S. The summed E-state index contributed by atoms with van der Waals surface area (Å²) in [6.07, 6.45) is 1.41. The Kier molecular flexibility index (Phi) is 5.69. The molecule has 0 aliphatic carbocycles. The van der Waals surface area contributed by atoms with E-state index >= 15 is 0 Å². The molecule has 0 atom stereocenters. The zero-order chi connectivity index (χ0) is 20.1. The van der Waals surface area contributed by atoms with Gasteiger partial charge in [0.05, 0.1) is 16.8 Å². The number of nitriles is 2. The summed E-state index contributed by atoms with van der Waals surface area (Å²) in [6.45, 7) is 2.19. The third-order valence-corrected chi connectivity index (χ3v) is 4.95. The van der Waals surface area contributed by atoms with E-state index in [0.29, 0.717) is 18.0 Å². The quantitative estimate of drug-likeness (QED) is 0.684. The van der Waals surface area contributed by atoms with Crippen LogP contribution in [0.3, 0.4) is 0 Å². The molecular weight excluding hydrogens is 377 g/mol. The van der Waals surface area contributed by atoms with Crippen LogP contribution in [0.25, 0.3) is 17.3 Å². The molecule has 2 aromatic carbocycles. The highest BCUT2D eigenvalue weighted by Crippen LogP contribution is 2.20. The predicted molar refractivity (Wildman–Crippen MR) is 105 cm³/mol. The van der Waals surface area contributed by atoms with Crippen molar-refractivity contribution >= 4 is 23.0 Å². The van der Waals surface area contributed by atoms with Crippen LogP contribution in [-0.4, -0.2) is 11.2 Å². The summed E-state index contributed by atoms with van der Waals surface area (Å²) in [5.74, 6) is -0.0262. The largest absolute Gasteiger partial charge is 0.492 e. The minimum atomic E-state index is -0.470. The summed E-state index contributed by atoms with van der Waals surface area (Å²) in [6, 6.07) is 16.6. The number of hydrogen-bond donors (Lipinski definition) is 0. The number of nitrogens with zero attached hydrogens (tertiary/aromatic N) is 3. The molecule has 0 bridgehead atoms. The van der Waals surface area contributed by atoms with E-state index in [4.69, 9.17) is 4.74 Å². The van der Waals surface area contributed by atoms with Gasteiger partial charge in [-0.05, 0) is 31.2 Å². The molecule has 28 heavy (non-hydrogen) atoms. The summed E-state index contributed by atoms with van der Waals surface area (Å²) in [5.41, 5.74) is -0.00937. The Bertz CT molecular complexity index is 1280. The van der Waals surface area contributed by atoms with Crippen LogP contribution >= 0.6 is 11.3 Å². The molecule has 138 valence electrons. The minimum absolute atomic E-state index is 0.171. The number of aromatic nitrogens is 1. The molecule has 0 N–H and O–H groups in total. The summed E-state index contributed by atoms with van der Waals surface area (Å²) in [5, 5.41) is 18.7. The van der Waals surface area contributed by atoms with E-state index < -0.39 is 11.4 Å². The van der Waals surface area contributed by atoms with Crippen LogP contribution in [0.4, 0.5) is 4.39 Å². The highest BCUT2D eigenvalue weighted by Gasteiger charge is 2.15. The third kappa shape index (κ3) is 3.57. The van der Waals surface area contributed by atoms with Crippen LogP contribution in [0.2, 0.25) is 0 Å². The van der Waals surface area contributed by atoms with Gasteiger partial charge in [-0.1, -0.05) is 30.3 Å². The number of rotatable bonds is 4. The Morgan fingerprint density at radius 2 is 1.86 bits per heavy atom. The van der Waals surface area contributed by atoms with Crippen molar-refractivity contribution in [2.75, 3.05) is 6.61 Å². The van der Waals surface area contributed by atoms with E-state index in [9.17, 15) is 19.7 Å². The van der Waals surface area contributed by atoms with Gasteiger partial charge in [0.2, 0.25) is 0 Å². The van der Waals surface area contributed by atoms with Crippen molar-refractivity contribution in [3.05, 3.63) is 79.5 Å². The lowest BCUT2D eigenvalue weighted by molar-refractivity contribution is 0.339. The monoisotopic (exact) mass is 391 g/mol. The maximum Gasteiger partial charge on any atom is 0.273 e. The topological polar surface area (TPSA) is 78.8 Å². The first kappa shape index (κ1) is 19.1. The molecule has 1 heterocycles. The van der Waals surface area contributed by atoms with Crippen molar-refractivity contribution in [2.45, 2.75) is 6.92 Å². The van der Waals surface area contributed by atoms with Crippen LogP contribution < -0.4 is 19.5 Å². The van der Waals surface area contributed by atoms with E-state index in [1.165, 1.54) is 16.7 Å². The first-order chi connectivity index (χ1) is 13.6. The van der Waals surface area contributed by atoms with Gasteiger partial charge in [-0.25, -0.2) is 4.39 Å². The third-order valence-electron chi connectivity index (χ3n) is 3.86. The van der Waals surface area contributed by atoms with Gasteiger partial charge in [-0.15, -0.1) is 11.3 Å². The van der Waals surface area contributed by atoms with Crippen molar-refractivity contribution in [1.29, 1.82) is 10.5 Å². The maximum atomic E-state index is 14.0. The molecule has 1 aromatic heterocycles. The van der Waals surface area contributed by atoms with E-state index in [-0.39, 0.29) is 20.3 Å². The zero-order valence-electron chi connectivity index (χ0n) is 14.8. The molecule has 0 unspecified atom stereocenters. The number of halogens is 1. The molecule has 0 amide bonds. The van der Waals surface area contributed by atoms with Crippen molar-refractivity contribution in [1.82, 2.24) is 4.57 Å². The molecule has 5 nitrogen and oxygen atoms in total. The van der Waals surface area contributed by atoms with Gasteiger partial charge in [-0.3, -0.25) is 9.36 Å². The lowest BCUT2D eigenvalue weighted by Gasteiger charge is -2.10. The van der Waals surface area contributed by atoms with Crippen molar-refractivity contribution < 1.29 is 9.13 Å². The predicted octanol–water partition coefficient (Wildman–Crippen LogP) is 2.46. The number of thiazole rings is 1. The van der Waals surface area contributed by atoms with Gasteiger partial charge >= 0.3 is 0 Å². The first-order valence-corrected chi connectivity index (χ1v) is 9.17. The van der Waals surface area contributed by atoms with Gasteiger partial charge in [0.15, 0.2) is 5.57 Å². The molecule has 0 spiro atoms. The van der Waals surface area contributed by atoms with E-state index in [1.807, 2.05) is 19.1 Å². The molecule has 0 aliphatic rings. The normalized spacial score (nSPS) is 10.9. The average Bonchev–Trinajstić information content (AvgIpc) is 3.01. The summed E-state index contributed by atoms with van der Waals surface area (Å²) < 4.78 is 21.3. The number of ether oxygens (including phenoxy) is 1. The molecule has 3 rings (SSSR count). The van der Waals surface area contributed by atoms with Crippen LogP contribution in [-0.2, 0) is 0 Å². The molecule has 7 heteroatoms. The average molecular weight is 391 g/mol. The molecule has 0 fully saturated rings. The summed E-state index contributed by atoms with van der Waals surface area (Å²) in [7, 11) is 0. The molecule has 0 saturated heterocycles. The van der Waals surface area contributed by atoms with Crippen LogP contribution in [0.5, 0.6) is 5.75 Å². The fraction of sp³-hybridized carbons (Fsp3) is 0.0952. The smallest absolute Gasteiger partial charge is 0.273 e. The van der Waals surface area contributed by atoms with Gasteiger partial charge in [0, 0.05) is 5.56 Å². The summed E-state index contributed by atoms with van der Waals surface area (Å²) >= 11 is 0.959. The lowest BCUT2D eigenvalue weighted by atomic mass is 10.2. The summed E-state index contributed by atoms with van der Waals surface area (Å²) in [4.78, 5) is 13.1. The zero-order valence-corrected chi connectivity index (χ0v) is 15.7. The van der Waals surface area contributed by atoms with E-state index in [1.54, 1.807) is 42.5 Å². The van der Waals surface area contributed by atoms with Crippen LogP contribution in [0, 0.1) is 28.5 Å². The second kappa shape index (κ2) is 8.34. The van der Waals surface area contributed by atoms with E-state index in [0.717, 1.165) is 11.3 Å². The first-order valence-electron chi connectivity index (χ1n) is 8.35. The minimum Gasteiger partial charge on any atom is -0.492 e. The van der Waals surface area contributed by atoms with Crippen LogP contribution in [0.1, 0.15) is 12.5 Å². The Hall–Kier alpha value is -3.68. The second-order valence-electron chi connectivity index (χ2n) is 5.58. The Morgan fingerprint density at radius 1 is 1.18 bits per heavy atom. The Morgan fingerprint density at radius 3 is 2.54 bits per heavy atom. The number of benzene rings is 2. The van der Waals surface area contributed by atoms with E-state index in [2.05, 4.69) is 0 Å². The number of para-hydroxylation sites is 2.